The molecule has 4 aromatic heterocycles. The SMILES string of the molecule is c1ccc2cc3c(cc2c1)c1c2c4ccccc4c4ccccc4c2ccc1n3-c1nc(-c2ccc3c(c2)sc2ccccc23)c2oc3ccccc3c2n1. The van der Waals surface area contributed by atoms with Gasteiger partial charge >= 0.3 is 0 Å². The van der Waals surface area contributed by atoms with Crippen molar-refractivity contribution in [3.63, 3.8) is 0 Å². The van der Waals surface area contributed by atoms with Crippen molar-refractivity contribution < 1.29 is 4.42 Å². The first-order valence-electron chi connectivity index (χ1n) is 18.6. The van der Waals surface area contributed by atoms with Crippen LogP contribution >= 0.6 is 11.3 Å². The second kappa shape index (κ2) is 10.8. The minimum absolute atomic E-state index is 0.616. The molecule has 55 heavy (non-hydrogen) atoms. The molecule has 9 aromatic carbocycles. The van der Waals surface area contributed by atoms with E-state index in [1.165, 1.54) is 74.0 Å². The monoisotopic (exact) mass is 717 g/mol. The normalized spacial score (nSPS) is 12.4. The minimum atomic E-state index is 0.616. The van der Waals surface area contributed by atoms with Crippen molar-refractivity contribution in [3.05, 3.63) is 164 Å². The van der Waals surface area contributed by atoms with E-state index < -0.39 is 0 Å². The van der Waals surface area contributed by atoms with Gasteiger partial charge in [0.2, 0.25) is 5.95 Å². The highest BCUT2D eigenvalue weighted by atomic mass is 32.1. The van der Waals surface area contributed by atoms with Gasteiger partial charge in [-0.1, -0.05) is 121 Å². The Morgan fingerprint density at radius 1 is 0.436 bits per heavy atom. The largest absolute Gasteiger partial charge is 0.452 e. The Morgan fingerprint density at radius 2 is 1.05 bits per heavy atom. The summed E-state index contributed by atoms with van der Waals surface area (Å²) >= 11 is 1.81. The van der Waals surface area contributed by atoms with Crippen LogP contribution in [-0.2, 0) is 0 Å². The van der Waals surface area contributed by atoms with Crippen molar-refractivity contribution in [1.29, 1.82) is 0 Å². The molecule has 13 rings (SSSR count). The van der Waals surface area contributed by atoms with E-state index in [1.807, 2.05) is 23.5 Å². The fourth-order valence-electron chi connectivity index (χ4n) is 9.15. The molecule has 0 spiro atoms. The molecular formula is C50H27N3OS. The fraction of sp³-hybridized carbons (Fsp3) is 0. The maximum Gasteiger partial charge on any atom is 0.236 e. The van der Waals surface area contributed by atoms with Crippen LogP contribution in [0.5, 0.6) is 0 Å². The van der Waals surface area contributed by atoms with Crippen molar-refractivity contribution in [3.8, 4) is 17.2 Å². The second-order valence-corrected chi connectivity index (χ2v) is 15.6. The van der Waals surface area contributed by atoms with Crippen molar-refractivity contribution in [2.45, 2.75) is 0 Å². The number of fused-ring (bicyclic) bond motifs is 17. The molecule has 0 bridgehead atoms. The molecule has 5 heteroatoms. The third kappa shape index (κ3) is 4.00. The van der Waals surface area contributed by atoms with E-state index in [2.05, 4.69) is 156 Å². The predicted molar refractivity (Wildman–Crippen MR) is 232 cm³/mol. The number of thiophene rings is 1. The zero-order valence-corrected chi connectivity index (χ0v) is 30.1. The van der Waals surface area contributed by atoms with Gasteiger partial charge in [-0.15, -0.1) is 11.3 Å². The molecule has 0 radical (unpaired) electrons. The van der Waals surface area contributed by atoms with Gasteiger partial charge < -0.3 is 4.42 Å². The van der Waals surface area contributed by atoms with Crippen LogP contribution in [0.15, 0.2) is 168 Å². The number of nitrogens with zero attached hydrogens (tertiary/aromatic N) is 3. The summed E-state index contributed by atoms with van der Waals surface area (Å²) in [4.78, 5) is 10.9. The van der Waals surface area contributed by atoms with E-state index in [-0.39, 0.29) is 0 Å². The summed E-state index contributed by atoms with van der Waals surface area (Å²) in [7, 11) is 0. The molecule has 4 nitrogen and oxygen atoms in total. The summed E-state index contributed by atoms with van der Waals surface area (Å²) in [6.07, 6.45) is 0. The van der Waals surface area contributed by atoms with Crippen LogP contribution in [0.4, 0.5) is 0 Å². The van der Waals surface area contributed by atoms with Crippen molar-refractivity contribution >= 4 is 118 Å². The molecule has 0 saturated heterocycles. The first-order chi connectivity index (χ1) is 27.3. The van der Waals surface area contributed by atoms with Gasteiger partial charge in [0.25, 0.3) is 0 Å². The molecule has 0 N–H and O–H groups in total. The molecule has 0 atom stereocenters. The first kappa shape index (κ1) is 29.4. The van der Waals surface area contributed by atoms with Crippen LogP contribution in [0.3, 0.4) is 0 Å². The second-order valence-electron chi connectivity index (χ2n) is 14.5. The third-order valence-electron chi connectivity index (χ3n) is 11.6. The molecule has 254 valence electrons. The standard InChI is InChI=1S/C50H27N3OS/c1-2-12-29-26-41-39(25-28(29)11-1)46-40(24-23-37-33-15-4-3-13-31(33)32-14-5-6-17-36(32)45(37)46)53(41)50-51-47(49-48(52-50)38-18-7-9-19-42(38)54-49)30-21-22-35-34-16-8-10-20-43(34)55-44(35)27-30/h1-27H. The summed E-state index contributed by atoms with van der Waals surface area (Å²) in [5, 5.41) is 15.7. The maximum absolute atomic E-state index is 6.63. The van der Waals surface area contributed by atoms with Crippen molar-refractivity contribution in [1.82, 2.24) is 14.5 Å². The summed E-state index contributed by atoms with van der Waals surface area (Å²) in [6, 6.07) is 59.0. The van der Waals surface area contributed by atoms with Gasteiger partial charge in [-0.05, 0) is 80.2 Å². The highest BCUT2D eigenvalue weighted by molar-refractivity contribution is 7.25. The molecule has 0 amide bonds. The Balaban J connectivity index is 1.20. The lowest BCUT2D eigenvalue weighted by Gasteiger charge is -2.12. The lowest BCUT2D eigenvalue weighted by atomic mass is 9.91. The molecule has 0 aliphatic carbocycles. The van der Waals surface area contributed by atoms with E-state index in [1.54, 1.807) is 0 Å². The average Bonchev–Trinajstić information content (AvgIpc) is 3.91. The van der Waals surface area contributed by atoms with Crippen LogP contribution < -0.4 is 0 Å². The lowest BCUT2D eigenvalue weighted by molar-refractivity contribution is 0.666. The van der Waals surface area contributed by atoms with Crippen LogP contribution in [0, 0.1) is 0 Å². The van der Waals surface area contributed by atoms with Gasteiger partial charge in [0.05, 0.1) is 11.0 Å². The van der Waals surface area contributed by atoms with Gasteiger partial charge in [-0.25, -0.2) is 9.97 Å². The van der Waals surface area contributed by atoms with Crippen LogP contribution in [-0.4, -0.2) is 14.5 Å². The topological polar surface area (TPSA) is 43.9 Å². The summed E-state index contributed by atoms with van der Waals surface area (Å²) in [5.41, 5.74) is 6.21. The lowest BCUT2D eigenvalue weighted by Crippen LogP contribution is -2.03. The van der Waals surface area contributed by atoms with Crippen LogP contribution in [0.1, 0.15) is 0 Å². The number of rotatable bonds is 2. The summed E-state index contributed by atoms with van der Waals surface area (Å²) in [5.74, 6) is 0.616. The summed E-state index contributed by atoms with van der Waals surface area (Å²) in [6.45, 7) is 0. The minimum Gasteiger partial charge on any atom is -0.452 e. The zero-order valence-electron chi connectivity index (χ0n) is 29.2. The molecule has 0 saturated carbocycles. The Bertz CT molecular complexity index is 3760. The number of benzene rings is 9. The third-order valence-corrected chi connectivity index (χ3v) is 12.7. The quantitative estimate of drug-likeness (QED) is 0.167. The number of furan rings is 1. The summed E-state index contributed by atoms with van der Waals surface area (Å²) < 4.78 is 11.4. The van der Waals surface area contributed by atoms with Gasteiger partial charge in [-0.3, -0.25) is 4.57 Å². The highest BCUT2D eigenvalue weighted by Crippen LogP contribution is 2.45. The molecule has 13 aromatic rings. The number of aromatic nitrogens is 3. The number of hydrogen-bond donors (Lipinski definition) is 0. The Labute approximate surface area is 317 Å². The molecule has 0 unspecified atom stereocenters. The van der Waals surface area contributed by atoms with Gasteiger partial charge in [-0.2, -0.15) is 0 Å². The van der Waals surface area contributed by atoms with E-state index in [0.29, 0.717) is 11.5 Å². The molecule has 0 aliphatic rings. The predicted octanol–water partition coefficient (Wildman–Crippen LogP) is 14.1. The van der Waals surface area contributed by atoms with E-state index in [4.69, 9.17) is 14.4 Å². The fourth-order valence-corrected chi connectivity index (χ4v) is 10.3. The molecule has 0 fully saturated rings. The van der Waals surface area contributed by atoms with E-state index >= 15 is 0 Å². The Kier molecular flexibility index (Phi) is 5.74. The smallest absolute Gasteiger partial charge is 0.236 e. The van der Waals surface area contributed by atoms with Gasteiger partial charge in [0, 0.05) is 47.3 Å². The van der Waals surface area contributed by atoms with Crippen LogP contribution in [0.25, 0.3) is 124 Å². The highest BCUT2D eigenvalue weighted by Gasteiger charge is 2.24. The number of hydrogen-bond acceptors (Lipinski definition) is 4. The van der Waals surface area contributed by atoms with Crippen molar-refractivity contribution in [2.24, 2.45) is 0 Å². The molecule has 4 heterocycles. The Hall–Kier alpha value is -7.08. The van der Waals surface area contributed by atoms with Gasteiger partial charge in [0.1, 0.15) is 16.8 Å². The average molecular weight is 718 g/mol. The molecular weight excluding hydrogens is 691 g/mol. The zero-order chi connectivity index (χ0) is 35.8. The Morgan fingerprint density at radius 3 is 1.87 bits per heavy atom. The van der Waals surface area contributed by atoms with E-state index in [0.717, 1.165) is 38.8 Å². The number of para-hydroxylation sites is 1. The maximum atomic E-state index is 6.63. The molecule has 0 aliphatic heterocycles. The van der Waals surface area contributed by atoms with Gasteiger partial charge in [0.15, 0.2) is 5.58 Å². The first-order valence-corrected chi connectivity index (χ1v) is 19.4. The van der Waals surface area contributed by atoms with Crippen molar-refractivity contribution in [2.75, 3.05) is 0 Å². The van der Waals surface area contributed by atoms with Crippen LogP contribution in [0.2, 0.25) is 0 Å². The van der Waals surface area contributed by atoms with E-state index in [9.17, 15) is 0 Å².